The first-order valence-corrected chi connectivity index (χ1v) is 5.00. The summed E-state index contributed by atoms with van der Waals surface area (Å²) in [5, 5.41) is 17.9. The molecule has 0 aliphatic rings. The molecule has 2 N–H and O–H groups in total. The van der Waals surface area contributed by atoms with Crippen molar-refractivity contribution in [1.82, 2.24) is 4.98 Å². The van der Waals surface area contributed by atoms with Crippen molar-refractivity contribution >= 4 is 11.9 Å². The van der Waals surface area contributed by atoms with Crippen LogP contribution in [0.5, 0.6) is 0 Å². The molecule has 1 rings (SSSR count). The number of aromatic nitrogens is 1. The zero-order valence-corrected chi connectivity index (χ0v) is 9.15. The highest BCUT2D eigenvalue weighted by Crippen LogP contribution is 2.16. The maximum atomic E-state index is 11.1. The van der Waals surface area contributed by atoms with Crippen molar-refractivity contribution in [1.29, 1.82) is 0 Å². The quantitative estimate of drug-likeness (QED) is 0.809. The van der Waals surface area contributed by atoms with Crippen molar-refractivity contribution < 1.29 is 19.8 Å². The lowest BCUT2D eigenvalue weighted by Crippen LogP contribution is -2.13. The normalized spacial score (nSPS) is 10.1. The number of carboxylic acid groups (broad SMARTS) is 2. The minimum Gasteiger partial charge on any atom is -0.478 e. The van der Waals surface area contributed by atoms with E-state index >= 15 is 0 Å². The minimum atomic E-state index is -1.14. The van der Waals surface area contributed by atoms with Gasteiger partial charge in [0.2, 0.25) is 0 Å². The van der Waals surface area contributed by atoms with Crippen molar-refractivity contribution in [3.8, 4) is 0 Å². The Balaban J connectivity index is 3.49. The minimum absolute atomic E-state index is 0.0984. The molecular formula is C11H13NO4. The zero-order chi connectivity index (χ0) is 12.3. The van der Waals surface area contributed by atoms with E-state index in [1.54, 1.807) is 13.8 Å². The summed E-state index contributed by atoms with van der Waals surface area (Å²) in [7, 11) is 0. The SMILES string of the molecule is CCc1cc(C(=O)O)nc(CC)c1C(=O)O. The molecule has 0 atom stereocenters. The van der Waals surface area contributed by atoms with E-state index < -0.39 is 11.9 Å². The van der Waals surface area contributed by atoms with Crippen LogP contribution in [0.1, 0.15) is 46.0 Å². The van der Waals surface area contributed by atoms with E-state index in [9.17, 15) is 9.59 Å². The Hall–Kier alpha value is -1.91. The lowest BCUT2D eigenvalue weighted by atomic mass is 10.0. The van der Waals surface area contributed by atoms with Crippen LogP contribution >= 0.6 is 0 Å². The third-order valence-corrected chi connectivity index (χ3v) is 2.32. The summed E-state index contributed by atoms with van der Waals surface area (Å²) in [5.74, 6) is -2.19. The van der Waals surface area contributed by atoms with Crippen LogP contribution in [0.15, 0.2) is 6.07 Å². The highest BCUT2D eigenvalue weighted by Gasteiger charge is 2.18. The van der Waals surface area contributed by atoms with Gasteiger partial charge in [-0.25, -0.2) is 14.6 Å². The lowest BCUT2D eigenvalue weighted by molar-refractivity contribution is 0.0673. The Bertz CT molecular complexity index is 415. The number of rotatable bonds is 4. The molecule has 1 aromatic heterocycles. The van der Waals surface area contributed by atoms with E-state index in [1.807, 2.05) is 0 Å². The molecule has 0 fully saturated rings. The fraction of sp³-hybridized carbons (Fsp3) is 0.364. The fourth-order valence-corrected chi connectivity index (χ4v) is 1.56. The van der Waals surface area contributed by atoms with Gasteiger partial charge in [-0.05, 0) is 24.5 Å². The Morgan fingerprint density at radius 1 is 1.19 bits per heavy atom. The highest BCUT2D eigenvalue weighted by atomic mass is 16.4. The molecule has 86 valence electrons. The van der Waals surface area contributed by atoms with Crippen LogP contribution in [0.25, 0.3) is 0 Å². The van der Waals surface area contributed by atoms with Gasteiger partial charge in [0.15, 0.2) is 0 Å². The number of carbonyl (C=O) groups is 2. The van der Waals surface area contributed by atoms with E-state index in [0.717, 1.165) is 0 Å². The first kappa shape index (κ1) is 12.2. The van der Waals surface area contributed by atoms with Gasteiger partial charge >= 0.3 is 11.9 Å². The predicted molar refractivity (Wildman–Crippen MR) is 56.9 cm³/mol. The molecule has 16 heavy (non-hydrogen) atoms. The van der Waals surface area contributed by atoms with Crippen LogP contribution in [0.4, 0.5) is 0 Å². The smallest absolute Gasteiger partial charge is 0.354 e. The van der Waals surface area contributed by atoms with Crippen LogP contribution in [0.3, 0.4) is 0 Å². The molecule has 0 saturated carbocycles. The topological polar surface area (TPSA) is 87.5 Å². The van der Waals surface area contributed by atoms with Gasteiger partial charge in [-0.2, -0.15) is 0 Å². The standard InChI is InChI=1S/C11H13NO4/c1-3-6-5-8(10(13)14)12-7(4-2)9(6)11(15)16/h5H,3-4H2,1-2H3,(H,13,14)(H,15,16). The van der Waals surface area contributed by atoms with Crippen molar-refractivity contribution in [2.24, 2.45) is 0 Å². The molecule has 0 aliphatic carbocycles. The first-order valence-electron chi connectivity index (χ1n) is 5.00. The van der Waals surface area contributed by atoms with Gasteiger partial charge in [-0.3, -0.25) is 0 Å². The van der Waals surface area contributed by atoms with Crippen LogP contribution in [0, 0.1) is 0 Å². The summed E-state index contributed by atoms with van der Waals surface area (Å²) >= 11 is 0. The van der Waals surface area contributed by atoms with Crippen LogP contribution in [0.2, 0.25) is 0 Å². The van der Waals surface area contributed by atoms with Crippen LogP contribution in [-0.4, -0.2) is 27.1 Å². The number of hydrogen-bond acceptors (Lipinski definition) is 3. The second kappa shape index (κ2) is 4.74. The third kappa shape index (κ3) is 2.18. The van der Waals surface area contributed by atoms with Gasteiger partial charge in [-0.1, -0.05) is 13.8 Å². The van der Waals surface area contributed by atoms with Gasteiger partial charge in [-0.15, -0.1) is 0 Å². The van der Waals surface area contributed by atoms with E-state index in [-0.39, 0.29) is 11.3 Å². The Morgan fingerprint density at radius 2 is 1.81 bits per heavy atom. The number of nitrogens with zero attached hydrogens (tertiary/aromatic N) is 1. The van der Waals surface area contributed by atoms with Gasteiger partial charge in [0.25, 0.3) is 0 Å². The molecule has 0 bridgehead atoms. The maximum Gasteiger partial charge on any atom is 0.354 e. The Kier molecular flexibility index (Phi) is 3.60. The molecule has 1 heterocycles. The highest BCUT2D eigenvalue weighted by molar-refractivity contribution is 5.93. The molecule has 0 unspecified atom stereocenters. The van der Waals surface area contributed by atoms with Crippen LogP contribution in [-0.2, 0) is 12.8 Å². The van der Waals surface area contributed by atoms with Gasteiger partial charge in [0.1, 0.15) is 5.69 Å². The first-order chi connectivity index (χ1) is 7.51. The summed E-state index contributed by atoms with van der Waals surface area (Å²) in [5.41, 5.74) is 0.870. The van der Waals surface area contributed by atoms with E-state index in [0.29, 0.717) is 24.1 Å². The molecule has 5 heteroatoms. The van der Waals surface area contributed by atoms with E-state index in [4.69, 9.17) is 10.2 Å². The number of hydrogen-bond donors (Lipinski definition) is 2. The summed E-state index contributed by atoms with van der Waals surface area (Å²) in [6.07, 6.45) is 0.868. The number of pyridine rings is 1. The zero-order valence-electron chi connectivity index (χ0n) is 9.15. The molecule has 0 aromatic carbocycles. The molecule has 0 amide bonds. The summed E-state index contributed by atoms with van der Waals surface area (Å²) in [4.78, 5) is 25.7. The van der Waals surface area contributed by atoms with Crippen LogP contribution < -0.4 is 0 Å². The van der Waals surface area contributed by atoms with Crippen molar-refractivity contribution in [3.05, 3.63) is 28.6 Å². The molecule has 0 saturated heterocycles. The Morgan fingerprint density at radius 3 is 2.19 bits per heavy atom. The largest absolute Gasteiger partial charge is 0.478 e. The summed E-state index contributed by atoms with van der Waals surface area (Å²) in [6.45, 7) is 3.53. The number of aryl methyl sites for hydroxylation is 2. The predicted octanol–water partition coefficient (Wildman–Crippen LogP) is 1.60. The summed E-state index contributed by atoms with van der Waals surface area (Å²) in [6, 6.07) is 1.32. The van der Waals surface area contributed by atoms with E-state index in [2.05, 4.69) is 4.98 Å². The van der Waals surface area contributed by atoms with E-state index in [1.165, 1.54) is 6.07 Å². The van der Waals surface area contributed by atoms with Gasteiger partial charge < -0.3 is 10.2 Å². The summed E-state index contributed by atoms with van der Waals surface area (Å²) < 4.78 is 0. The second-order valence-electron chi connectivity index (χ2n) is 3.31. The molecule has 5 nitrogen and oxygen atoms in total. The van der Waals surface area contributed by atoms with Crippen molar-refractivity contribution in [2.45, 2.75) is 26.7 Å². The molecule has 1 aromatic rings. The molecule has 0 radical (unpaired) electrons. The number of carboxylic acids is 2. The average Bonchev–Trinajstić information content (AvgIpc) is 2.26. The van der Waals surface area contributed by atoms with Crippen molar-refractivity contribution in [2.75, 3.05) is 0 Å². The lowest BCUT2D eigenvalue weighted by Gasteiger charge is -2.09. The van der Waals surface area contributed by atoms with Gasteiger partial charge in [0.05, 0.1) is 11.3 Å². The monoisotopic (exact) mass is 223 g/mol. The van der Waals surface area contributed by atoms with Gasteiger partial charge in [0, 0.05) is 0 Å². The maximum absolute atomic E-state index is 11.1. The Labute approximate surface area is 92.8 Å². The number of aromatic carboxylic acids is 2. The fourth-order valence-electron chi connectivity index (χ4n) is 1.56. The second-order valence-corrected chi connectivity index (χ2v) is 3.31. The van der Waals surface area contributed by atoms with Crippen molar-refractivity contribution in [3.63, 3.8) is 0 Å². The molecular weight excluding hydrogens is 210 g/mol. The molecule has 0 spiro atoms. The average molecular weight is 223 g/mol. The molecule has 0 aliphatic heterocycles. The third-order valence-electron chi connectivity index (χ3n) is 2.32.